The zero-order chi connectivity index (χ0) is 24.9. The first-order chi connectivity index (χ1) is 18.2. The molecule has 2 amide bonds. The van der Waals surface area contributed by atoms with Gasteiger partial charge in [-0.05, 0) is 51.9 Å². The summed E-state index contributed by atoms with van der Waals surface area (Å²) in [6.45, 7) is 0. The molecule has 0 saturated heterocycles. The van der Waals surface area contributed by atoms with E-state index in [1.165, 1.54) is 5.39 Å². The molecule has 176 valence electrons. The van der Waals surface area contributed by atoms with Gasteiger partial charge in [-0.1, -0.05) is 78.9 Å². The van der Waals surface area contributed by atoms with Crippen molar-refractivity contribution >= 4 is 71.8 Å². The fourth-order valence-corrected chi connectivity index (χ4v) is 5.07. The number of fused-ring (bicyclic) bond motifs is 8. The maximum atomic E-state index is 13.1. The fourth-order valence-electron chi connectivity index (χ4n) is 5.07. The van der Waals surface area contributed by atoms with Gasteiger partial charge in [0.2, 0.25) is 0 Å². The lowest BCUT2D eigenvalue weighted by molar-refractivity contribution is 0.258. The predicted molar refractivity (Wildman–Crippen MR) is 153 cm³/mol. The number of carbonyl (C=O) groups is 1. The Labute approximate surface area is 213 Å². The third kappa shape index (κ3) is 3.52. The number of aromatic nitrogens is 2. The van der Waals surface area contributed by atoms with E-state index in [1.807, 2.05) is 66.7 Å². The number of carbonyl (C=O) groups excluding carboxylic acids is 1. The molecule has 0 aliphatic carbocycles. The zero-order valence-electron chi connectivity index (χ0n) is 20.1. The molecule has 5 heteroatoms. The molecular formula is C32H22N4O. The first-order valence-electron chi connectivity index (χ1n) is 12.2. The Kier molecular flexibility index (Phi) is 4.76. The van der Waals surface area contributed by atoms with E-state index in [0.29, 0.717) is 5.69 Å². The first-order valence-corrected chi connectivity index (χ1v) is 12.2. The normalized spacial score (nSPS) is 11.5. The van der Waals surface area contributed by atoms with Crippen molar-refractivity contribution in [2.75, 3.05) is 17.3 Å². The van der Waals surface area contributed by atoms with Crippen LogP contribution in [-0.4, -0.2) is 23.0 Å². The van der Waals surface area contributed by atoms with E-state index < -0.39 is 0 Å². The molecule has 7 rings (SSSR count). The van der Waals surface area contributed by atoms with Crippen LogP contribution in [0.2, 0.25) is 0 Å². The molecular weight excluding hydrogens is 456 g/mol. The second-order valence-electron chi connectivity index (χ2n) is 9.24. The minimum atomic E-state index is -0.222. The van der Waals surface area contributed by atoms with Crippen molar-refractivity contribution in [2.45, 2.75) is 0 Å². The summed E-state index contributed by atoms with van der Waals surface area (Å²) in [4.78, 5) is 24.7. The van der Waals surface area contributed by atoms with E-state index in [2.05, 4.69) is 47.8 Å². The number of anilines is 2. The Morgan fingerprint density at radius 3 is 1.92 bits per heavy atom. The van der Waals surface area contributed by atoms with Crippen LogP contribution in [-0.2, 0) is 0 Å². The Morgan fingerprint density at radius 1 is 0.622 bits per heavy atom. The Bertz CT molecular complexity index is 2010. The molecule has 37 heavy (non-hydrogen) atoms. The van der Waals surface area contributed by atoms with E-state index >= 15 is 0 Å². The van der Waals surface area contributed by atoms with E-state index in [-0.39, 0.29) is 6.03 Å². The lowest BCUT2D eigenvalue weighted by Gasteiger charge is -2.19. The summed E-state index contributed by atoms with van der Waals surface area (Å²) >= 11 is 0. The zero-order valence-corrected chi connectivity index (χ0v) is 20.1. The average Bonchev–Trinajstić information content (AvgIpc) is 2.95. The van der Waals surface area contributed by atoms with Crippen LogP contribution in [0.15, 0.2) is 109 Å². The van der Waals surface area contributed by atoms with Crippen molar-refractivity contribution in [3.63, 3.8) is 0 Å². The number of rotatable bonds is 2. The average molecular weight is 479 g/mol. The molecule has 7 aromatic rings. The molecule has 0 atom stereocenters. The highest BCUT2D eigenvalue weighted by atomic mass is 16.2. The molecule has 0 spiro atoms. The standard InChI is InChI=1S/C32H22N4O/c1-36(23-16-14-20-8-2-3-9-21(20)18-23)32(37)33-22-15-17-28-29(19-22)35-31-27-13-7-5-11-25(27)24-10-4-6-12-26(24)30(31)34-28/h2-19H,1H3,(H,33,37). The molecule has 1 heterocycles. The summed E-state index contributed by atoms with van der Waals surface area (Å²) in [6.07, 6.45) is 0. The molecule has 5 nitrogen and oxygen atoms in total. The summed E-state index contributed by atoms with van der Waals surface area (Å²) in [5.74, 6) is 0. The van der Waals surface area contributed by atoms with Gasteiger partial charge in [-0.25, -0.2) is 14.8 Å². The molecule has 6 aromatic carbocycles. The molecule has 0 saturated carbocycles. The summed E-state index contributed by atoms with van der Waals surface area (Å²) in [6, 6.07) is 36.2. The van der Waals surface area contributed by atoms with Gasteiger partial charge in [-0.3, -0.25) is 4.90 Å². The Hall–Kier alpha value is -5.03. The van der Waals surface area contributed by atoms with E-state index in [1.54, 1.807) is 11.9 Å². The van der Waals surface area contributed by atoms with Gasteiger partial charge in [-0.2, -0.15) is 0 Å². The van der Waals surface area contributed by atoms with Crippen molar-refractivity contribution < 1.29 is 4.79 Å². The van der Waals surface area contributed by atoms with E-state index in [0.717, 1.165) is 54.7 Å². The minimum Gasteiger partial charge on any atom is -0.307 e. The van der Waals surface area contributed by atoms with Crippen LogP contribution in [0.4, 0.5) is 16.2 Å². The largest absolute Gasteiger partial charge is 0.326 e. The lowest BCUT2D eigenvalue weighted by atomic mass is 9.99. The maximum absolute atomic E-state index is 13.1. The van der Waals surface area contributed by atoms with Crippen molar-refractivity contribution in [3.8, 4) is 0 Å². The van der Waals surface area contributed by atoms with Crippen molar-refractivity contribution in [2.24, 2.45) is 0 Å². The van der Waals surface area contributed by atoms with Crippen LogP contribution in [0.1, 0.15) is 0 Å². The monoisotopic (exact) mass is 478 g/mol. The quantitative estimate of drug-likeness (QED) is 0.203. The van der Waals surface area contributed by atoms with E-state index in [9.17, 15) is 4.79 Å². The summed E-state index contributed by atoms with van der Waals surface area (Å²) in [5, 5.41) is 9.71. The molecule has 0 fully saturated rings. The fraction of sp³-hybridized carbons (Fsp3) is 0.0312. The smallest absolute Gasteiger partial charge is 0.307 e. The van der Waals surface area contributed by atoms with Gasteiger partial charge in [0.25, 0.3) is 0 Å². The molecule has 0 unspecified atom stereocenters. The molecule has 1 aromatic heterocycles. The topological polar surface area (TPSA) is 58.1 Å². The van der Waals surface area contributed by atoms with Gasteiger partial charge in [-0.15, -0.1) is 0 Å². The van der Waals surface area contributed by atoms with Gasteiger partial charge in [0, 0.05) is 29.2 Å². The van der Waals surface area contributed by atoms with Crippen LogP contribution < -0.4 is 10.2 Å². The van der Waals surface area contributed by atoms with Crippen LogP contribution in [0, 0.1) is 0 Å². The van der Waals surface area contributed by atoms with Crippen molar-refractivity contribution in [1.29, 1.82) is 0 Å². The molecule has 0 radical (unpaired) electrons. The number of hydrogen-bond acceptors (Lipinski definition) is 3. The lowest BCUT2D eigenvalue weighted by Crippen LogP contribution is -2.31. The Morgan fingerprint density at radius 2 is 1.22 bits per heavy atom. The van der Waals surface area contributed by atoms with Crippen LogP contribution in [0.5, 0.6) is 0 Å². The number of benzene rings is 6. The van der Waals surface area contributed by atoms with Gasteiger partial charge in [0.1, 0.15) is 0 Å². The Balaban J connectivity index is 1.29. The molecule has 0 aliphatic heterocycles. The van der Waals surface area contributed by atoms with Gasteiger partial charge in [0.05, 0.1) is 22.1 Å². The van der Waals surface area contributed by atoms with E-state index in [4.69, 9.17) is 9.97 Å². The number of nitrogens with zero attached hydrogens (tertiary/aromatic N) is 3. The maximum Gasteiger partial charge on any atom is 0.326 e. The predicted octanol–water partition coefficient (Wildman–Crippen LogP) is 7.91. The third-order valence-electron chi connectivity index (χ3n) is 7.00. The highest BCUT2D eigenvalue weighted by Gasteiger charge is 2.14. The minimum absolute atomic E-state index is 0.222. The number of urea groups is 1. The third-order valence-corrected chi connectivity index (χ3v) is 7.00. The number of amides is 2. The van der Waals surface area contributed by atoms with Gasteiger partial charge in [0.15, 0.2) is 0 Å². The van der Waals surface area contributed by atoms with Gasteiger partial charge >= 0.3 is 6.03 Å². The van der Waals surface area contributed by atoms with Crippen LogP contribution in [0.3, 0.4) is 0 Å². The summed E-state index contributed by atoms with van der Waals surface area (Å²) < 4.78 is 0. The molecule has 1 N–H and O–H groups in total. The second kappa shape index (κ2) is 8.28. The first kappa shape index (κ1) is 21.3. The molecule has 0 bridgehead atoms. The highest BCUT2D eigenvalue weighted by Crippen LogP contribution is 2.34. The highest BCUT2D eigenvalue weighted by molar-refractivity contribution is 6.23. The van der Waals surface area contributed by atoms with Crippen LogP contribution >= 0.6 is 0 Å². The van der Waals surface area contributed by atoms with Crippen molar-refractivity contribution in [3.05, 3.63) is 109 Å². The van der Waals surface area contributed by atoms with Crippen molar-refractivity contribution in [1.82, 2.24) is 9.97 Å². The second-order valence-corrected chi connectivity index (χ2v) is 9.24. The number of hydrogen-bond donors (Lipinski definition) is 1. The summed E-state index contributed by atoms with van der Waals surface area (Å²) in [7, 11) is 1.77. The SMILES string of the molecule is CN(C(=O)Nc1ccc2nc3c4ccccc4c4ccccc4c3nc2c1)c1ccc2ccccc2c1. The molecule has 0 aliphatic rings. The summed E-state index contributed by atoms with van der Waals surface area (Å²) in [5.41, 5.74) is 4.76. The van der Waals surface area contributed by atoms with Crippen LogP contribution in [0.25, 0.3) is 54.4 Å². The van der Waals surface area contributed by atoms with Gasteiger partial charge < -0.3 is 5.32 Å². The number of nitrogens with one attached hydrogen (secondary N) is 1.